The van der Waals surface area contributed by atoms with Crippen LogP contribution in [0.15, 0.2) is 62.2 Å². The Morgan fingerprint density at radius 1 is 1.10 bits per heavy atom. The van der Waals surface area contributed by atoms with E-state index in [9.17, 15) is 14.4 Å². The van der Waals surface area contributed by atoms with Crippen molar-refractivity contribution in [2.75, 3.05) is 18.0 Å². The first-order valence-corrected chi connectivity index (χ1v) is 10.2. The van der Waals surface area contributed by atoms with Crippen LogP contribution in [0.5, 0.6) is 0 Å². The Hall–Kier alpha value is -3.19. The predicted octanol–water partition coefficient (Wildman–Crippen LogP) is 5.00. The Morgan fingerprint density at radius 2 is 1.83 bits per heavy atom. The molecule has 0 saturated carbocycles. The van der Waals surface area contributed by atoms with Crippen molar-refractivity contribution in [3.05, 3.63) is 80.1 Å². The molecular formula is C23H20BrNO5. The van der Waals surface area contributed by atoms with Crippen LogP contribution in [0.3, 0.4) is 0 Å². The van der Waals surface area contributed by atoms with Gasteiger partial charge in [0.1, 0.15) is 5.58 Å². The Bertz CT molecular complexity index is 1210. The summed E-state index contributed by atoms with van der Waals surface area (Å²) >= 11 is 3.22. The van der Waals surface area contributed by atoms with Gasteiger partial charge in [-0.05, 0) is 62.4 Å². The highest BCUT2D eigenvalue weighted by atomic mass is 79.9. The summed E-state index contributed by atoms with van der Waals surface area (Å²) in [6.07, 6.45) is 2.67. The van der Waals surface area contributed by atoms with E-state index in [2.05, 4.69) is 34.7 Å². The van der Waals surface area contributed by atoms with Crippen LogP contribution in [0.4, 0.5) is 5.69 Å². The molecule has 0 aliphatic heterocycles. The van der Waals surface area contributed by atoms with E-state index in [4.69, 9.17) is 9.52 Å². The zero-order chi connectivity index (χ0) is 21.8. The van der Waals surface area contributed by atoms with Gasteiger partial charge in [-0.15, -0.1) is 0 Å². The SMILES string of the molecule is CCN(CC)c1ccc2cc(/C=C/C(=O)c3ccc(C(=O)O)cc3Br)c(=O)oc2c1. The minimum Gasteiger partial charge on any atom is -0.478 e. The van der Waals surface area contributed by atoms with Crippen molar-refractivity contribution in [1.82, 2.24) is 0 Å². The van der Waals surface area contributed by atoms with Crippen LogP contribution in [0.25, 0.3) is 17.0 Å². The van der Waals surface area contributed by atoms with E-state index in [0.717, 1.165) is 24.2 Å². The molecule has 0 atom stereocenters. The van der Waals surface area contributed by atoms with Crippen molar-refractivity contribution < 1.29 is 19.1 Å². The van der Waals surface area contributed by atoms with Gasteiger partial charge in [0.25, 0.3) is 0 Å². The van der Waals surface area contributed by atoms with Crippen molar-refractivity contribution in [1.29, 1.82) is 0 Å². The fourth-order valence-corrected chi connectivity index (χ4v) is 3.69. The van der Waals surface area contributed by atoms with Gasteiger partial charge < -0.3 is 14.4 Å². The van der Waals surface area contributed by atoms with Crippen molar-refractivity contribution in [3.8, 4) is 0 Å². The summed E-state index contributed by atoms with van der Waals surface area (Å²) in [5, 5.41) is 9.77. The first-order valence-electron chi connectivity index (χ1n) is 9.42. The summed E-state index contributed by atoms with van der Waals surface area (Å²) < 4.78 is 5.82. The lowest BCUT2D eigenvalue weighted by Gasteiger charge is -2.20. The number of carbonyl (C=O) groups is 2. The maximum absolute atomic E-state index is 12.5. The molecule has 1 N–H and O–H groups in total. The lowest BCUT2D eigenvalue weighted by Crippen LogP contribution is -2.21. The zero-order valence-corrected chi connectivity index (χ0v) is 18.1. The van der Waals surface area contributed by atoms with Crippen LogP contribution < -0.4 is 10.5 Å². The highest BCUT2D eigenvalue weighted by molar-refractivity contribution is 9.10. The number of fused-ring (bicyclic) bond motifs is 1. The van der Waals surface area contributed by atoms with Gasteiger partial charge in [-0.25, -0.2) is 9.59 Å². The molecule has 3 aromatic rings. The Morgan fingerprint density at radius 3 is 2.47 bits per heavy atom. The third-order valence-corrected chi connectivity index (χ3v) is 5.43. The molecule has 6 nitrogen and oxygen atoms in total. The molecule has 0 bridgehead atoms. The monoisotopic (exact) mass is 469 g/mol. The quantitative estimate of drug-likeness (QED) is 0.297. The molecule has 154 valence electrons. The number of carboxylic acid groups (broad SMARTS) is 1. The standard InChI is InChI=1S/C23H20BrNO5/c1-3-25(4-2)17-8-5-14-11-16(23(29)30-21(14)13-17)7-10-20(26)18-9-6-15(22(27)28)12-19(18)24/h5-13H,3-4H2,1-2H3,(H,27,28)/b10-7+. The maximum Gasteiger partial charge on any atom is 0.343 e. The van der Waals surface area contributed by atoms with Crippen LogP contribution in [0.1, 0.15) is 40.1 Å². The van der Waals surface area contributed by atoms with Gasteiger partial charge in [0.2, 0.25) is 0 Å². The molecule has 0 aliphatic carbocycles. The molecule has 1 aromatic heterocycles. The van der Waals surface area contributed by atoms with Crippen LogP contribution in [-0.4, -0.2) is 29.9 Å². The van der Waals surface area contributed by atoms with Crippen molar-refractivity contribution >= 4 is 50.4 Å². The predicted molar refractivity (Wildman–Crippen MR) is 121 cm³/mol. The third-order valence-electron chi connectivity index (χ3n) is 4.77. The van der Waals surface area contributed by atoms with Gasteiger partial charge in [0, 0.05) is 40.3 Å². The van der Waals surface area contributed by atoms with Crippen LogP contribution in [-0.2, 0) is 0 Å². The second kappa shape index (κ2) is 9.09. The number of carboxylic acids is 1. The summed E-state index contributed by atoms with van der Waals surface area (Å²) in [7, 11) is 0. The number of hydrogen-bond acceptors (Lipinski definition) is 5. The highest BCUT2D eigenvalue weighted by Gasteiger charge is 2.12. The van der Waals surface area contributed by atoms with Gasteiger partial charge in [-0.1, -0.05) is 15.9 Å². The minimum atomic E-state index is -1.08. The van der Waals surface area contributed by atoms with E-state index in [-0.39, 0.29) is 16.9 Å². The number of anilines is 1. The average molecular weight is 470 g/mol. The molecular weight excluding hydrogens is 450 g/mol. The summed E-state index contributed by atoms with van der Waals surface area (Å²) in [6.45, 7) is 5.81. The molecule has 0 saturated heterocycles. The first-order chi connectivity index (χ1) is 14.3. The van der Waals surface area contributed by atoms with Crippen LogP contribution in [0.2, 0.25) is 0 Å². The summed E-state index contributed by atoms with van der Waals surface area (Å²) in [4.78, 5) is 38.0. The van der Waals surface area contributed by atoms with Gasteiger partial charge in [0.15, 0.2) is 5.78 Å². The number of benzene rings is 2. The molecule has 0 amide bonds. The number of aromatic carboxylic acids is 1. The second-order valence-corrected chi connectivity index (χ2v) is 7.44. The number of halogens is 1. The normalized spacial score (nSPS) is 11.2. The Labute approximate surface area is 181 Å². The van der Waals surface area contributed by atoms with Gasteiger partial charge >= 0.3 is 11.6 Å². The van der Waals surface area contributed by atoms with E-state index < -0.39 is 11.6 Å². The smallest absolute Gasteiger partial charge is 0.343 e. The Balaban J connectivity index is 1.90. The molecule has 0 fully saturated rings. The second-order valence-electron chi connectivity index (χ2n) is 6.58. The highest BCUT2D eigenvalue weighted by Crippen LogP contribution is 2.23. The third kappa shape index (κ3) is 4.52. The molecule has 1 heterocycles. The number of carbonyl (C=O) groups excluding carboxylic acids is 1. The summed E-state index contributed by atoms with van der Waals surface area (Å²) in [6, 6.07) is 11.5. The summed E-state index contributed by atoms with van der Waals surface area (Å²) in [5.41, 5.74) is 1.55. The number of rotatable bonds is 7. The molecule has 0 radical (unpaired) electrons. The van der Waals surface area contributed by atoms with Crippen molar-refractivity contribution in [2.45, 2.75) is 13.8 Å². The van der Waals surface area contributed by atoms with Gasteiger partial charge in [0.05, 0.1) is 11.1 Å². The number of nitrogens with zero attached hydrogens (tertiary/aromatic N) is 1. The van der Waals surface area contributed by atoms with E-state index in [0.29, 0.717) is 15.6 Å². The van der Waals surface area contributed by atoms with Gasteiger partial charge in [-0.3, -0.25) is 4.79 Å². The molecule has 0 aliphatic rings. The first kappa shape index (κ1) is 21.5. The molecule has 2 aromatic carbocycles. The summed E-state index contributed by atoms with van der Waals surface area (Å²) in [5.74, 6) is -1.45. The molecule has 30 heavy (non-hydrogen) atoms. The van der Waals surface area contributed by atoms with Crippen LogP contribution in [0, 0.1) is 0 Å². The molecule has 3 rings (SSSR count). The zero-order valence-electron chi connectivity index (χ0n) is 16.5. The lowest BCUT2D eigenvalue weighted by molar-refractivity contribution is 0.0696. The van der Waals surface area contributed by atoms with Crippen molar-refractivity contribution in [3.63, 3.8) is 0 Å². The minimum absolute atomic E-state index is 0.0710. The van der Waals surface area contributed by atoms with Crippen LogP contribution >= 0.6 is 15.9 Å². The fourth-order valence-electron chi connectivity index (χ4n) is 3.12. The number of allylic oxidation sites excluding steroid dienone is 1. The lowest BCUT2D eigenvalue weighted by atomic mass is 10.1. The number of ketones is 1. The van der Waals surface area contributed by atoms with Crippen molar-refractivity contribution in [2.24, 2.45) is 0 Å². The van der Waals surface area contributed by atoms with E-state index in [1.54, 1.807) is 6.07 Å². The Kier molecular flexibility index (Phi) is 6.52. The fraction of sp³-hybridized carbons (Fsp3) is 0.174. The number of hydrogen-bond donors (Lipinski definition) is 1. The van der Waals surface area contributed by atoms with Gasteiger partial charge in [-0.2, -0.15) is 0 Å². The van der Waals surface area contributed by atoms with E-state index >= 15 is 0 Å². The largest absolute Gasteiger partial charge is 0.478 e. The molecule has 0 unspecified atom stereocenters. The topological polar surface area (TPSA) is 87.8 Å². The average Bonchev–Trinajstić information content (AvgIpc) is 2.72. The molecule has 0 spiro atoms. The maximum atomic E-state index is 12.5. The van der Waals surface area contributed by atoms with E-state index in [1.807, 2.05) is 18.2 Å². The molecule has 7 heteroatoms. The van der Waals surface area contributed by atoms with E-state index in [1.165, 1.54) is 30.4 Å².